The molecule has 0 spiro atoms. The lowest BCUT2D eigenvalue weighted by Gasteiger charge is -2.50. The second kappa shape index (κ2) is 2.71. The van der Waals surface area contributed by atoms with Gasteiger partial charge in [-0.3, -0.25) is 4.67 Å². The SMILES string of the molecule is CC1(C)CCCC(C)(C)N1P. The van der Waals surface area contributed by atoms with Crippen LogP contribution < -0.4 is 0 Å². The summed E-state index contributed by atoms with van der Waals surface area (Å²) in [5.41, 5.74) is 0.735. The molecule has 1 atom stereocenters. The first kappa shape index (κ1) is 9.48. The molecule has 11 heavy (non-hydrogen) atoms. The van der Waals surface area contributed by atoms with Crippen molar-refractivity contribution >= 4 is 9.39 Å². The van der Waals surface area contributed by atoms with Crippen LogP contribution in [0.3, 0.4) is 0 Å². The Labute approximate surface area is 72.8 Å². The Kier molecular flexibility index (Phi) is 2.33. The molecule has 1 aliphatic heterocycles. The molecular weight excluding hydrogens is 153 g/mol. The molecule has 2 heteroatoms. The lowest BCUT2D eigenvalue weighted by molar-refractivity contribution is 0.0664. The lowest BCUT2D eigenvalue weighted by Crippen LogP contribution is -2.52. The molecular formula is C9H20NP. The van der Waals surface area contributed by atoms with Gasteiger partial charge in [-0.05, 0) is 47.0 Å². The Balaban J connectivity index is 2.76. The summed E-state index contributed by atoms with van der Waals surface area (Å²) in [4.78, 5) is 0. The summed E-state index contributed by atoms with van der Waals surface area (Å²) in [6.45, 7) is 9.28. The van der Waals surface area contributed by atoms with E-state index in [1.807, 2.05) is 0 Å². The van der Waals surface area contributed by atoms with Crippen LogP contribution in [0.2, 0.25) is 0 Å². The Morgan fingerprint density at radius 3 is 1.64 bits per heavy atom. The molecule has 0 aromatic heterocycles. The van der Waals surface area contributed by atoms with E-state index >= 15 is 0 Å². The molecule has 66 valence electrons. The highest BCUT2D eigenvalue weighted by atomic mass is 31.0. The van der Waals surface area contributed by atoms with Gasteiger partial charge >= 0.3 is 0 Å². The van der Waals surface area contributed by atoms with Crippen LogP contribution in [-0.4, -0.2) is 15.7 Å². The third-order valence-electron chi connectivity index (χ3n) is 2.88. The number of hydrogen-bond acceptors (Lipinski definition) is 1. The van der Waals surface area contributed by atoms with Crippen molar-refractivity contribution in [2.24, 2.45) is 0 Å². The fraction of sp³-hybridized carbons (Fsp3) is 1.00. The molecule has 0 amide bonds. The third kappa shape index (κ3) is 1.76. The Morgan fingerprint density at radius 2 is 1.36 bits per heavy atom. The topological polar surface area (TPSA) is 3.24 Å². The molecule has 0 N–H and O–H groups in total. The summed E-state index contributed by atoms with van der Waals surface area (Å²) in [6, 6.07) is 0. The van der Waals surface area contributed by atoms with Crippen molar-refractivity contribution in [2.45, 2.75) is 58.0 Å². The van der Waals surface area contributed by atoms with E-state index in [1.54, 1.807) is 0 Å². The molecule has 0 radical (unpaired) electrons. The van der Waals surface area contributed by atoms with Crippen LogP contribution in [0, 0.1) is 0 Å². The predicted octanol–water partition coefficient (Wildman–Crippen LogP) is 2.82. The van der Waals surface area contributed by atoms with Crippen LogP contribution in [0.1, 0.15) is 47.0 Å². The van der Waals surface area contributed by atoms with Gasteiger partial charge in [-0.1, -0.05) is 9.39 Å². The van der Waals surface area contributed by atoms with Gasteiger partial charge in [0, 0.05) is 11.1 Å². The van der Waals surface area contributed by atoms with Crippen molar-refractivity contribution in [2.75, 3.05) is 0 Å². The molecule has 1 nitrogen and oxygen atoms in total. The third-order valence-corrected chi connectivity index (χ3v) is 4.28. The first-order chi connectivity index (χ1) is 4.86. The van der Waals surface area contributed by atoms with Crippen molar-refractivity contribution < 1.29 is 0 Å². The van der Waals surface area contributed by atoms with Gasteiger partial charge in [-0.25, -0.2) is 0 Å². The number of hydrogen-bond donors (Lipinski definition) is 0. The highest BCUT2D eigenvalue weighted by molar-refractivity contribution is 7.13. The molecule has 0 aliphatic carbocycles. The van der Waals surface area contributed by atoms with Crippen LogP contribution in [0.15, 0.2) is 0 Å². The Morgan fingerprint density at radius 1 is 1.00 bits per heavy atom. The second-order valence-corrected chi connectivity index (χ2v) is 5.36. The van der Waals surface area contributed by atoms with Crippen molar-refractivity contribution in [1.29, 1.82) is 0 Å². The molecule has 1 saturated heterocycles. The van der Waals surface area contributed by atoms with E-state index in [4.69, 9.17) is 0 Å². The zero-order valence-corrected chi connectivity index (χ0v) is 9.30. The molecule has 0 aromatic rings. The largest absolute Gasteiger partial charge is 0.277 e. The molecule has 1 fully saturated rings. The number of rotatable bonds is 0. The molecule has 0 saturated carbocycles. The van der Waals surface area contributed by atoms with Crippen LogP contribution in [0.5, 0.6) is 0 Å². The monoisotopic (exact) mass is 173 g/mol. The van der Waals surface area contributed by atoms with E-state index < -0.39 is 0 Å². The summed E-state index contributed by atoms with van der Waals surface area (Å²) < 4.78 is 2.43. The minimum Gasteiger partial charge on any atom is -0.277 e. The Hall–Kier alpha value is 0.390. The van der Waals surface area contributed by atoms with Crippen molar-refractivity contribution in [1.82, 2.24) is 4.67 Å². The Bertz CT molecular complexity index is 136. The first-order valence-corrected chi connectivity index (χ1v) is 4.93. The van der Waals surface area contributed by atoms with Gasteiger partial charge in [0.15, 0.2) is 0 Å². The van der Waals surface area contributed by atoms with Gasteiger partial charge in [-0.15, -0.1) is 0 Å². The van der Waals surface area contributed by atoms with Crippen LogP contribution >= 0.6 is 9.39 Å². The minimum atomic E-state index is 0.367. The molecule has 1 rings (SSSR count). The molecule has 0 bridgehead atoms. The van der Waals surface area contributed by atoms with E-state index in [-0.39, 0.29) is 0 Å². The van der Waals surface area contributed by atoms with Crippen molar-refractivity contribution in [3.8, 4) is 0 Å². The minimum absolute atomic E-state index is 0.367. The van der Waals surface area contributed by atoms with Gasteiger partial charge in [-0.2, -0.15) is 0 Å². The normalized spacial score (nSPS) is 30.3. The maximum Gasteiger partial charge on any atom is 0.0190 e. The highest BCUT2D eigenvalue weighted by Crippen LogP contribution is 2.40. The summed E-state index contributed by atoms with van der Waals surface area (Å²) in [5.74, 6) is 0. The van der Waals surface area contributed by atoms with E-state index in [0.717, 1.165) is 0 Å². The molecule has 0 aromatic carbocycles. The lowest BCUT2D eigenvalue weighted by atomic mass is 9.83. The number of piperidine rings is 1. The van der Waals surface area contributed by atoms with Crippen LogP contribution in [-0.2, 0) is 0 Å². The molecule has 1 heterocycles. The summed E-state index contributed by atoms with van der Waals surface area (Å²) in [7, 11) is 2.88. The van der Waals surface area contributed by atoms with Crippen LogP contribution in [0.4, 0.5) is 0 Å². The van der Waals surface area contributed by atoms with Crippen LogP contribution in [0.25, 0.3) is 0 Å². The standard InChI is InChI=1S/C9H20NP/c1-8(2)6-5-7-9(3,4)10(8)11/h5-7,11H2,1-4H3. The summed E-state index contributed by atoms with van der Waals surface area (Å²) in [6.07, 6.45) is 4.00. The number of nitrogens with zero attached hydrogens (tertiary/aromatic N) is 1. The van der Waals surface area contributed by atoms with Gasteiger partial charge < -0.3 is 0 Å². The quantitative estimate of drug-likeness (QED) is 0.509. The van der Waals surface area contributed by atoms with Crippen molar-refractivity contribution in [3.63, 3.8) is 0 Å². The maximum absolute atomic E-state index is 2.88. The first-order valence-electron chi connectivity index (χ1n) is 4.41. The fourth-order valence-electron chi connectivity index (χ4n) is 2.01. The van der Waals surface area contributed by atoms with E-state index in [9.17, 15) is 0 Å². The average Bonchev–Trinajstić information content (AvgIpc) is 1.82. The van der Waals surface area contributed by atoms with Gasteiger partial charge in [0.2, 0.25) is 0 Å². The smallest absolute Gasteiger partial charge is 0.0190 e. The maximum atomic E-state index is 2.88. The predicted molar refractivity (Wildman–Crippen MR) is 53.6 cm³/mol. The fourth-order valence-corrected chi connectivity index (χ4v) is 2.27. The zero-order chi connectivity index (χ0) is 8.70. The summed E-state index contributed by atoms with van der Waals surface area (Å²) >= 11 is 0. The summed E-state index contributed by atoms with van der Waals surface area (Å²) in [5, 5.41) is 0. The average molecular weight is 173 g/mol. The van der Waals surface area contributed by atoms with Gasteiger partial charge in [0.1, 0.15) is 0 Å². The highest BCUT2D eigenvalue weighted by Gasteiger charge is 2.38. The van der Waals surface area contributed by atoms with Gasteiger partial charge in [0.05, 0.1) is 0 Å². The van der Waals surface area contributed by atoms with Gasteiger partial charge in [0.25, 0.3) is 0 Å². The van der Waals surface area contributed by atoms with E-state index in [1.165, 1.54) is 19.3 Å². The zero-order valence-electron chi connectivity index (χ0n) is 8.15. The second-order valence-electron chi connectivity index (χ2n) is 4.85. The van der Waals surface area contributed by atoms with Crippen molar-refractivity contribution in [3.05, 3.63) is 0 Å². The molecule has 1 unspecified atom stereocenters. The molecule has 1 aliphatic rings. The van der Waals surface area contributed by atoms with E-state index in [0.29, 0.717) is 11.1 Å². The van der Waals surface area contributed by atoms with E-state index in [2.05, 4.69) is 41.8 Å².